The number of carbonyl (C=O) groups is 1. The number of hydrogen-bond donors (Lipinski definition) is 1. The van der Waals surface area contributed by atoms with Crippen LogP contribution in [-0.2, 0) is 4.79 Å². The van der Waals surface area contributed by atoms with Crippen molar-refractivity contribution in [2.75, 3.05) is 0 Å². The van der Waals surface area contributed by atoms with E-state index in [9.17, 15) is 4.79 Å². The van der Waals surface area contributed by atoms with Gasteiger partial charge < -0.3 is 5.73 Å². The molecule has 0 unspecified atom stereocenters. The fourth-order valence-corrected chi connectivity index (χ4v) is 1.15. The SMILES string of the molecule is C[C@@H](CC(N)=O)C1CC1. The summed E-state index contributed by atoms with van der Waals surface area (Å²) in [4.78, 5) is 10.4. The molecule has 1 fully saturated rings. The van der Waals surface area contributed by atoms with Crippen molar-refractivity contribution in [3.8, 4) is 0 Å². The Morgan fingerprint density at radius 2 is 2.33 bits per heavy atom. The third-order valence-corrected chi connectivity index (χ3v) is 1.95. The Labute approximate surface area is 55.4 Å². The summed E-state index contributed by atoms with van der Waals surface area (Å²) in [6, 6.07) is 0. The van der Waals surface area contributed by atoms with Crippen molar-refractivity contribution < 1.29 is 4.79 Å². The number of hydrogen-bond acceptors (Lipinski definition) is 1. The monoisotopic (exact) mass is 127 g/mol. The molecule has 0 heterocycles. The summed E-state index contributed by atoms with van der Waals surface area (Å²) in [5.74, 6) is 1.18. The molecule has 0 radical (unpaired) electrons. The summed E-state index contributed by atoms with van der Waals surface area (Å²) >= 11 is 0. The van der Waals surface area contributed by atoms with Crippen molar-refractivity contribution in [2.45, 2.75) is 26.2 Å². The molecule has 0 aliphatic heterocycles. The molecule has 1 aliphatic rings. The molecule has 1 saturated carbocycles. The van der Waals surface area contributed by atoms with Gasteiger partial charge in [-0.05, 0) is 24.7 Å². The normalized spacial score (nSPS) is 21.4. The molecule has 2 nitrogen and oxygen atoms in total. The minimum atomic E-state index is -0.158. The van der Waals surface area contributed by atoms with Gasteiger partial charge in [-0.1, -0.05) is 6.92 Å². The third kappa shape index (κ3) is 2.04. The van der Waals surface area contributed by atoms with Crippen LogP contribution in [0.1, 0.15) is 26.2 Å². The van der Waals surface area contributed by atoms with Gasteiger partial charge >= 0.3 is 0 Å². The molecule has 0 saturated heterocycles. The van der Waals surface area contributed by atoms with Gasteiger partial charge in [0.05, 0.1) is 0 Å². The van der Waals surface area contributed by atoms with Gasteiger partial charge in [-0.25, -0.2) is 0 Å². The van der Waals surface area contributed by atoms with Crippen molar-refractivity contribution in [3.05, 3.63) is 0 Å². The Hall–Kier alpha value is -0.530. The maximum absolute atomic E-state index is 10.4. The predicted molar refractivity (Wildman–Crippen MR) is 35.7 cm³/mol. The van der Waals surface area contributed by atoms with E-state index >= 15 is 0 Å². The number of carbonyl (C=O) groups excluding carboxylic acids is 1. The highest BCUT2D eigenvalue weighted by molar-refractivity contribution is 5.74. The number of nitrogens with two attached hydrogens (primary N) is 1. The number of amides is 1. The van der Waals surface area contributed by atoms with Crippen LogP contribution in [0.5, 0.6) is 0 Å². The molecule has 2 heteroatoms. The first-order chi connectivity index (χ1) is 4.20. The molecule has 0 aromatic carbocycles. The zero-order valence-electron chi connectivity index (χ0n) is 5.76. The van der Waals surface area contributed by atoms with Crippen molar-refractivity contribution in [1.82, 2.24) is 0 Å². The molecule has 1 rings (SSSR count). The molecule has 0 bridgehead atoms. The van der Waals surface area contributed by atoms with Gasteiger partial charge in [-0.15, -0.1) is 0 Å². The second-order valence-electron chi connectivity index (χ2n) is 2.99. The highest BCUT2D eigenvalue weighted by atomic mass is 16.1. The topological polar surface area (TPSA) is 43.1 Å². The summed E-state index contributed by atoms with van der Waals surface area (Å²) in [5, 5.41) is 0. The summed E-state index contributed by atoms with van der Waals surface area (Å²) in [6.07, 6.45) is 3.17. The van der Waals surface area contributed by atoms with Gasteiger partial charge in [0.25, 0.3) is 0 Å². The zero-order valence-corrected chi connectivity index (χ0v) is 5.76. The van der Waals surface area contributed by atoms with Crippen molar-refractivity contribution in [1.29, 1.82) is 0 Å². The van der Waals surface area contributed by atoms with E-state index in [4.69, 9.17) is 5.73 Å². The Morgan fingerprint density at radius 1 is 1.78 bits per heavy atom. The van der Waals surface area contributed by atoms with Crippen LogP contribution in [-0.4, -0.2) is 5.91 Å². The largest absolute Gasteiger partial charge is 0.370 e. The van der Waals surface area contributed by atoms with E-state index in [0.29, 0.717) is 12.3 Å². The lowest BCUT2D eigenvalue weighted by atomic mass is 10.0. The van der Waals surface area contributed by atoms with Crippen LogP contribution in [0.15, 0.2) is 0 Å². The molecule has 1 amide bonds. The van der Waals surface area contributed by atoms with Gasteiger partial charge in [0.1, 0.15) is 0 Å². The predicted octanol–water partition coefficient (Wildman–Crippen LogP) is 0.908. The lowest BCUT2D eigenvalue weighted by Gasteiger charge is -2.04. The Morgan fingerprint density at radius 3 is 2.67 bits per heavy atom. The molecular weight excluding hydrogens is 114 g/mol. The van der Waals surface area contributed by atoms with Gasteiger partial charge in [-0.2, -0.15) is 0 Å². The van der Waals surface area contributed by atoms with Gasteiger partial charge in [0, 0.05) is 6.42 Å². The van der Waals surface area contributed by atoms with Crippen LogP contribution in [0.3, 0.4) is 0 Å². The first-order valence-electron chi connectivity index (χ1n) is 3.48. The van der Waals surface area contributed by atoms with Crippen LogP contribution in [0.4, 0.5) is 0 Å². The second-order valence-corrected chi connectivity index (χ2v) is 2.99. The summed E-state index contributed by atoms with van der Waals surface area (Å²) < 4.78 is 0. The second kappa shape index (κ2) is 2.38. The molecule has 52 valence electrons. The fourth-order valence-electron chi connectivity index (χ4n) is 1.15. The zero-order chi connectivity index (χ0) is 6.85. The highest BCUT2D eigenvalue weighted by Crippen LogP contribution is 2.37. The molecule has 0 aromatic rings. The van der Waals surface area contributed by atoms with E-state index in [1.807, 2.05) is 0 Å². The van der Waals surface area contributed by atoms with Crippen LogP contribution >= 0.6 is 0 Å². The minimum Gasteiger partial charge on any atom is -0.370 e. The first kappa shape index (κ1) is 6.59. The summed E-state index contributed by atoms with van der Waals surface area (Å²) in [7, 11) is 0. The van der Waals surface area contributed by atoms with Crippen LogP contribution in [0.25, 0.3) is 0 Å². The van der Waals surface area contributed by atoms with Crippen LogP contribution in [0, 0.1) is 11.8 Å². The van der Waals surface area contributed by atoms with Crippen LogP contribution < -0.4 is 5.73 Å². The molecule has 1 atom stereocenters. The van der Waals surface area contributed by atoms with Gasteiger partial charge in [-0.3, -0.25) is 4.79 Å². The maximum atomic E-state index is 10.4. The van der Waals surface area contributed by atoms with Gasteiger partial charge in [0.15, 0.2) is 0 Å². The van der Waals surface area contributed by atoms with Crippen molar-refractivity contribution in [3.63, 3.8) is 0 Å². The van der Waals surface area contributed by atoms with E-state index in [2.05, 4.69) is 6.92 Å². The standard InChI is InChI=1S/C7H13NO/c1-5(4-7(8)9)6-2-3-6/h5-6H,2-4H2,1H3,(H2,8,9)/t5-/m0/s1. The average Bonchev–Trinajstić information content (AvgIpc) is 2.40. The van der Waals surface area contributed by atoms with E-state index in [-0.39, 0.29) is 5.91 Å². The summed E-state index contributed by atoms with van der Waals surface area (Å²) in [6.45, 7) is 2.10. The van der Waals surface area contributed by atoms with E-state index in [0.717, 1.165) is 5.92 Å². The van der Waals surface area contributed by atoms with E-state index in [1.54, 1.807) is 0 Å². The lowest BCUT2D eigenvalue weighted by molar-refractivity contribution is -0.118. The van der Waals surface area contributed by atoms with Crippen molar-refractivity contribution in [2.24, 2.45) is 17.6 Å². The first-order valence-corrected chi connectivity index (χ1v) is 3.48. The average molecular weight is 127 g/mol. The van der Waals surface area contributed by atoms with Gasteiger partial charge in [0.2, 0.25) is 5.91 Å². The highest BCUT2D eigenvalue weighted by Gasteiger charge is 2.28. The molecule has 2 N–H and O–H groups in total. The van der Waals surface area contributed by atoms with Crippen LogP contribution in [0.2, 0.25) is 0 Å². The fraction of sp³-hybridized carbons (Fsp3) is 0.857. The molecule has 9 heavy (non-hydrogen) atoms. The minimum absolute atomic E-state index is 0.158. The molecule has 0 spiro atoms. The Balaban J connectivity index is 2.17. The maximum Gasteiger partial charge on any atom is 0.217 e. The lowest BCUT2D eigenvalue weighted by Crippen LogP contribution is -2.15. The third-order valence-electron chi connectivity index (χ3n) is 1.95. The number of primary amides is 1. The number of rotatable bonds is 3. The Bertz CT molecular complexity index is 118. The molecule has 0 aromatic heterocycles. The molecular formula is C7H13NO. The Kier molecular flexibility index (Phi) is 1.74. The van der Waals surface area contributed by atoms with E-state index < -0.39 is 0 Å². The molecule has 1 aliphatic carbocycles. The van der Waals surface area contributed by atoms with Crippen molar-refractivity contribution >= 4 is 5.91 Å². The van der Waals surface area contributed by atoms with E-state index in [1.165, 1.54) is 12.8 Å². The summed E-state index contributed by atoms with van der Waals surface area (Å²) in [5.41, 5.74) is 5.02. The quantitative estimate of drug-likeness (QED) is 0.601. The smallest absolute Gasteiger partial charge is 0.217 e.